The van der Waals surface area contributed by atoms with Crippen molar-refractivity contribution >= 4 is 11.9 Å². The topological polar surface area (TPSA) is 95.9 Å². The number of carbonyl (C=O) groups excluding carboxylic acids is 2. The van der Waals surface area contributed by atoms with Crippen LogP contribution in [0.1, 0.15) is 233 Å². The Morgan fingerprint density at radius 2 is 0.946 bits per heavy atom. The van der Waals surface area contributed by atoms with E-state index in [2.05, 4.69) is 62.5 Å². The Bertz CT molecular complexity index is 972. The first-order chi connectivity index (χ1) is 27.5. The van der Waals surface area contributed by atoms with Crippen LogP contribution in [0.5, 0.6) is 0 Å². The average Bonchev–Trinajstić information content (AvgIpc) is 3.19. The van der Waals surface area contributed by atoms with Crippen molar-refractivity contribution in [3.8, 4) is 0 Å². The summed E-state index contributed by atoms with van der Waals surface area (Å²) in [5.41, 5.74) is 0. The second kappa shape index (κ2) is 43.9. The molecule has 0 rings (SSSR count). The molecule has 0 aromatic carbocycles. The fourth-order valence-corrected chi connectivity index (χ4v) is 7.00. The van der Waals surface area contributed by atoms with Crippen molar-refractivity contribution in [2.45, 2.75) is 251 Å². The van der Waals surface area contributed by atoms with Gasteiger partial charge in [0.05, 0.1) is 25.2 Å². The summed E-state index contributed by atoms with van der Waals surface area (Å²) >= 11 is 0. The van der Waals surface area contributed by atoms with Crippen molar-refractivity contribution in [1.29, 1.82) is 0 Å². The summed E-state index contributed by atoms with van der Waals surface area (Å²) in [7, 11) is 0. The van der Waals surface area contributed by atoms with Gasteiger partial charge >= 0.3 is 5.97 Å². The van der Waals surface area contributed by atoms with Crippen LogP contribution < -0.4 is 5.32 Å². The summed E-state index contributed by atoms with van der Waals surface area (Å²) in [4.78, 5) is 25.9. The first kappa shape index (κ1) is 53.8. The molecule has 0 fully saturated rings. The normalized spacial score (nSPS) is 13.7. The molecule has 3 N–H and O–H groups in total. The van der Waals surface area contributed by atoms with Gasteiger partial charge in [-0.05, 0) is 44.9 Å². The zero-order valence-electron chi connectivity index (χ0n) is 37.0. The van der Waals surface area contributed by atoms with Gasteiger partial charge in [-0.2, -0.15) is 0 Å². The number of carbonyl (C=O) groups is 2. The number of esters is 1. The van der Waals surface area contributed by atoms with Crippen molar-refractivity contribution in [1.82, 2.24) is 5.32 Å². The van der Waals surface area contributed by atoms with Crippen LogP contribution >= 0.6 is 0 Å². The van der Waals surface area contributed by atoms with E-state index in [4.69, 9.17) is 4.74 Å². The number of hydrogen-bond donors (Lipinski definition) is 3. The van der Waals surface area contributed by atoms with Gasteiger partial charge in [-0.15, -0.1) is 0 Å². The predicted molar refractivity (Wildman–Crippen MR) is 241 cm³/mol. The average molecular weight is 786 g/mol. The molecular weight excluding hydrogens is 695 g/mol. The summed E-state index contributed by atoms with van der Waals surface area (Å²) in [5.74, 6) is -0.576. The van der Waals surface area contributed by atoms with E-state index in [0.717, 1.165) is 57.8 Å². The third-order valence-electron chi connectivity index (χ3n) is 10.7. The molecule has 3 atom stereocenters. The number of rotatable bonds is 42. The highest BCUT2D eigenvalue weighted by molar-refractivity contribution is 5.77. The Kier molecular flexibility index (Phi) is 42.2. The Hall–Kier alpha value is -2.18. The minimum absolute atomic E-state index is 0.00346. The van der Waals surface area contributed by atoms with Gasteiger partial charge in [0, 0.05) is 12.8 Å². The Labute approximate surface area is 346 Å². The van der Waals surface area contributed by atoms with Crippen molar-refractivity contribution in [2.75, 3.05) is 6.61 Å². The first-order valence-corrected chi connectivity index (χ1v) is 23.9. The van der Waals surface area contributed by atoms with Crippen LogP contribution in [0.2, 0.25) is 0 Å². The molecule has 1 amide bonds. The van der Waals surface area contributed by atoms with Crippen LogP contribution in [0.25, 0.3) is 0 Å². The first-order valence-electron chi connectivity index (χ1n) is 23.9. The van der Waals surface area contributed by atoms with E-state index in [-0.39, 0.29) is 24.9 Å². The number of nitrogens with one attached hydrogen (secondary N) is 1. The molecule has 0 aromatic heterocycles. The second-order valence-electron chi connectivity index (χ2n) is 16.2. The molecule has 3 unspecified atom stereocenters. The Morgan fingerprint density at radius 1 is 0.536 bits per heavy atom. The zero-order chi connectivity index (χ0) is 41.0. The number of unbranched alkanes of at least 4 members (excludes halogenated alkanes) is 23. The van der Waals surface area contributed by atoms with Gasteiger partial charge in [0.15, 0.2) is 0 Å². The molecule has 0 saturated heterocycles. The van der Waals surface area contributed by atoms with Gasteiger partial charge in [-0.1, -0.05) is 217 Å². The van der Waals surface area contributed by atoms with Gasteiger partial charge in [0.2, 0.25) is 5.91 Å². The highest BCUT2D eigenvalue weighted by Crippen LogP contribution is 2.16. The zero-order valence-corrected chi connectivity index (χ0v) is 37.0. The SMILES string of the molecule is CCCCC/C=C\C/C=C\C/C=C\C/C=C\CC(CC(=O)NC(CO)C(O)CCCCCCCCCCCCCCC)OC(=O)CCCCCCCCCCC. The molecule has 0 aliphatic carbocycles. The van der Waals surface area contributed by atoms with Crippen LogP contribution in [0.3, 0.4) is 0 Å². The van der Waals surface area contributed by atoms with Gasteiger partial charge in [0.25, 0.3) is 0 Å². The number of hydrogen-bond acceptors (Lipinski definition) is 5. The van der Waals surface area contributed by atoms with E-state index in [9.17, 15) is 19.8 Å². The molecule has 56 heavy (non-hydrogen) atoms. The third-order valence-corrected chi connectivity index (χ3v) is 10.7. The van der Waals surface area contributed by atoms with Crippen LogP contribution in [0.4, 0.5) is 0 Å². The van der Waals surface area contributed by atoms with E-state index in [1.54, 1.807) is 0 Å². The van der Waals surface area contributed by atoms with Crippen LogP contribution in [0.15, 0.2) is 48.6 Å². The number of aliphatic hydroxyl groups excluding tert-OH is 2. The Balaban J connectivity index is 4.70. The Morgan fingerprint density at radius 3 is 1.43 bits per heavy atom. The fraction of sp³-hybridized carbons (Fsp3) is 0.800. The van der Waals surface area contributed by atoms with E-state index >= 15 is 0 Å². The highest BCUT2D eigenvalue weighted by atomic mass is 16.5. The van der Waals surface area contributed by atoms with E-state index in [0.29, 0.717) is 19.3 Å². The molecule has 326 valence electrons. The second-order valence-corrected chi connectivity index (χ2v) is 16.2. The molecule has 0 bridgehead atoms. The molecule has 0 radical (unpaired) electrons. The largest absolute Gasteiger partial charge is 0.461 e. The van der Waals surface area contributed by atoms with Crippen molar-refractivity contribution in [3.05, 3.63) is 48.6 Å². The summed E-state index contributed by atoms with van der Waals surface area (Å²) < 4.78 is 5.83. The molecule has 6 nitrogen and oxygen atoms in total. The van der Waals surface area contributed by atoms with Gasteiger partial charge in [-0.25, -0.2) is 0 Å². The van der Waals surface area contributed by atoms with E-state index in [1.165, 1.54) is 128 Å². The third kappa shape index (κ3) is 38.7. The van der Waals surface area contributed by atoms with Crippen molar-refractivity contribution in [3.63, 3.8) is 0 Å². The molecular formula is C50H91NO5. The molecule has 0 aromatic rings. The highest BCUT2D eigenvalue weighted by Gasteiger charge is 2.23. The molecule has 0 aliphatic heterocycles. The monoisotopic (exact) mass is 786 g/mol. The summed E-state index contributed by atoms with van der Waals surface area (Å²) in [6.07, 6.45) is 51.8. The lowest BCUT2D eigenvalue weighted by atomic mass is 10.0. The maximum absolute atomic E-state index is 13.1. The maximum atomic E-state index is 13.1. The minimum atomic E-state index is -0.808. The van der Waals surface area contributed by atoms with Gasteiger partial charge < -0.3 is 20.3 Å². The molecule has 0 aliphatic rings. The van der Waals surface area contributed by atoms with Crippen LogP contribution in [0, 0.1) is 0 Å². The van der Waals surface area contributed by atoms with E-state index < -0.39 is 18.2 Å². The number of allylic oxidation sites excluding steroid dienone is 7. The lowest BCUT2D eigenvalue weighted by Crippen LogP contribution is -2.46. The molecule has 0 heterocycles. The van der Waals surface area contributed by atoms with Gasteiger partial charge in [-0.3, -0.25) is 9.59 Å². The number of amides is 1. The number of ether oxygens (including phenoxy) is 1. The van der Waals surface area contributed by atoms with E-state index in [1.807, 2.05) is 12.2 Å². The van der Waals surface area contributed by atoms with Gasteiger partial charge in [0.1, 0.15) is 6.10 Å². The van der Waals surface area contributed by atoms with Crippen LogP contribution in [-0.2, 0) is 14.3 Å². The number of aliphatic hydroxyl groups is 2. The molecule has 6 heteroatoms. The molecule has 0 saturated carbocycles. The fourth-order valence-electron chi connectivity index (χ4n) is 7.00. The standard InChI is InChI=1S/C50H91NO5/c1-4-7-10-13-16-19-21-23-24-26-27-30-32-35-38-41-46(56-50(55)43-40-37-34-29-18-15-12-9-6-3)44-49(54)51-47(45-52)48(53)42-39-36-33-31-28-25-22-20-17-14-11-8-5-2/h16,19,23-24,27,30,35,38,46-48,52-53H,4-15,17-18,20-22,25-26,28-29,31-34,36-37,39-45H2,1-3H3,(H,51,54)/b19-16-,24-23-,30-27-,38-35-. The van der Waals surface area contributed by atoms with Crippen molar-refractivity contribution < 1.29 is 24.5 Å². The van der Waals surface area contributed by atoms with Crippen molar-refractivity contribution in [2.24, 2.45) is 0 Å². The predicted octanol–water partition coefficient (Wildman–Crippen LogP) is 13.9. The minimum Gasteiger partial charge on any atom is -0.461 e. The lowest BCUT2D eigenvalue weighted by Gasteiger charge is -2.24. The quantitative estimate of drug-likeness (QED) is 0.0325. The summed E-state index contributed by atoms with van der Waals surface area (Å²) in [6, 6.07) is -0.727. The smallest absolute Gasteiger partial charge is 0.306 e. The van der Waals surface area contributed by atoms with Crippen LogP contribution in [-0.4, -0.2) is 46.9 Å². The summed E-state index contributed by atoms with van der Waals surface area (Å²) in [6.45, 7) is 6.40. The molecule has 0 spiro atoms. The maximum Gasteiger partial charge on any atom is 0.306 e. The lowest BCUT2D eigenvalue weighted by molar-refractivity contribution is -0.150. The summed E-state index contributed by atoms with van der Waals surface area (Å²) in [5, 5.41) is 23.6.